The Kier molecular flexibility index (Phi) is 5.54. The molecule has 1 amide bonds. The number of nitro groups is 1. The summed E-state index contributed by atoms with van der Waals surface area (Å²) in [5.41, 5.74) is 0.488. The number of nitrogens with one attached hydrogen (secondary N) is 2. The fraction of sp³-hybridized carbons (Fsp3) is 0.364. The van der Waals surface area contributed by atoms with Gasteiger partial charge in [0, 0.05) is 36.7 Å². The van der Waals surface area contributed by atoms with E-state index in [1.165, 1.54) is 18.2 Å². The molecular formula is C11H14ClN3O3. The Morgan fingerprint density at radius 3 is 2.83 bits per heavy atom. The predicted molar refractivity (Wildman–Crippen MR) is 68.5 cm³/mol. The molecule has 1 rings (SSSR count). The van der Waals surface area contributed by atoms with E-state index in [-0.39, 0.29) is 18.1 Å². The molecule has 0 heterocycles. The van der Waals surface area contributed by atoms with Gasteiger partial charge in [-0.05, 0) is 18.7 Å². The van der Waals surface area contributed by atoms with Crippen molar-refractivity contribution in [3.05, 3.63) is 38.9 Å². The van der Waals surface area contributed by atoms with E-state index in [0.29, 0.717) is 23.6 Å². The number of nitrogens with zero attached hydrogens (tertiary/aromatic N) is 1. The first-order chi connectivity index (χ1) is 8.54. The van der Waals surface area contributed by atoms with Gasteiger partial charge in [-0.3, -0.25) is 14.9 Å². The molecule has 2 N–H and O–H groups in total. The second-order valence-electron chi connectivity index (χ2n) is 3.66. The van der Waals surface area contributed by atoms with Gasteiger partial charge in [-0.25, -0.2) is 0 Å². The molecular weight excluding hydrogens is 258 g/mol. The van der Waals surface area contributed by atoms with Gasteiger partial charge in [0.05, 0.1) is 4.92 Å². The monoisotopic (exact) mass is 271 g/mol. The summed E-state index contributed by atoms with van der Waals surface area (Å²) in [6.45, 7) is 0.761. The topological polar surface area (TPSA) is 84.3 Å². The molecule has 0 radical (unpaired) electrons. The first-order valence-electron chi connectivity index (χ1n) is 5.38. The maximum Gasteiger partial charge on any atom is 0.269 e. The standard InChI is InChI=1S/C11H14ClN3O3/c1-13-5-4-11(16)14-7-8-6-9(15(17)18)2-3-10(8)12/h2-3,6,13H,4-5,7H2,1H3,(H,14,16). The Hall–Kier alpha value is -1.66. The van der Waals surface area contributed by atoms with Crippen molar-refractivity contribution in [2.45, 2.75) is 13.0 Å². The molecule has 7 heteroatoms. The van der Waals surface area contributed by atoms with Gasteiger partial charge in [0.25, 0.3) is 5.69 Å². The van der Waals surface area contributed by atoms with E-state index < -0.39 is 4.92 Å². The van der Waals surface area contributed by atoms with Gasteiger partial charge in [-0.15, -0.1) is 0 Å². The number of hydrogen-bond acceptors (Lipinski definition) is 4. The molecule has 1 aromatic carbocycles. The lowest BCUT2D eigenvalue weighted by molar-refractivity contribution is -0.384. The van der Waals surface area contributed by atoms with Crippen molar-refractivity contribution in [2.24, 2.45) is 0 Å². The molecule has 0 saturated carbocycles. The van der Waals surface area contributed by atoms with Crippen molar-refractivity contribution in [3.8, 4) is 0 Å². The van der Waals surface area contributed by atoms with Gasteiger partial charge in [-0.1, -0.05) is 11.6 Å². The second kappa shape index (κ2) is 6.93. The smallest absolute Gasteiger partial charge is 0.269 e. The third-order valence-electron chi connectivity index (χ3n) is 2.32. The fourth-order valence-corrected chi connectivity index (χ4v) is 1.52. The van der Waals surface area contributed by atoms with Crippen molar-refractivity contribution in [3.63, 3.8) is 0 Å². The second-order valence-corrected chi connectivity index (χ2v) is 4.07. The highest BCUT2D eigenvalue weighted by atomic mass is 35.5. The van der Waals surface area contributed by atoms with Gasteiger partial charge in [0.15, 0.2) is 0 Å². The summed E-state index contributed by atoms with van der Waals surface area (Å²) in [6.07, 6.45) is 0.350. The molecule has 6 nitrogen and oxygen atoms in total. The Morgan fingerprint density at radius 2 is 2.22 bits per heavy atom. The lowest BCUT2D eigenvalue weighted by Crippen LogP contribution is -2.26. The minimum atomic E-state index is -0.497. The van der Waals surface area contributed by atoms with E-state index in [1.807, 2.05) is 0 Å². The van der Waals surface area contributed by atoms with Crippen molar-refractivity contribution < 1.29 is 9.72 Å². The van der Waals surface area contributed by atoms with Crippen molar-refractivity contribution in [2.75, 3.05) is 13.6 Å². The van der Waals surface area contributed by atoms with Crippen LogP contribution < -0.4 is 10.6 Å². The number of nitro benzene ring substituents is 1. The summed E-state index contributed by atoms with van der Waals surface area (Å²) in [4.78, 5) is 21.5. The minimum Gasteiger partial charge on any atom is -0.352 e. The van der Waals surface area contributed by atoms with Crippen LogP contribution in [0.3, 0.4) is 0 Å². The highest BCUT2D eigenvalue weighted by molar-refractivity contribution is 6.31. The van der Waals surface area contributed by atoms with Crippen LogP contribution in [0.5, 0.6) is 0 Å². The van der Waals surface area contributed by atoms with E-state index in [2.05, 4.69) is 10.6 Å². The van der Waals surface area contributed by atoms with Gasteiger partial charge in [-0.2, -0.15) is 0 Å². The van der Waals surface area contributed by atoms with Crippen LogP contribution in [0.4, 0.5) is 5.69 Å². The summed E-state index contributed by atoms with van der Waals surface area (Å²) in [5, 5.41) is 16.5. The lowest BCUT2D eigenvalue weighted by atomic mass is 10.2. The maximum absolute atomic E-state index is 11.4. The van der Waals surface area contributed by atoms with Gasteiger partial charge in [0.2, 0.25) is 5.91 Å². The molecule has 0 bridgehead atoms. The Labute approximate surface area is 109 Å². The number of benzene rings is 1. The first-order valence-corrected chi connectivity index (χ1v) is 5.76. The molecule has 18 heavy (non-hydrogen) atoms. The molecule has 0 fully saturated rings. The third-order valence-corrected chi connectivity index (χ3v) is 2.69. The van der Waals surface area contributed by atoms with Crippen LogP contribution in [0.15, 0.2) is 18.2 Å². The average Bonchev–Trinajstić information content (AvgIpc) is 2.35. The summed E-state index contributed by atoms with van der Waals surface area (Å²) >= 11 is 5.90. The summed E-state index contributed by atoms with van der Waals surface area (Å²) in [7, 11) is 1.75. The number of non-ortho nitro benzene ring substituents is 1. The Bertz CT molecular complexity index is 451. The van der Waals surface area contributed by atoms with E-state index in [4.69, 9.17) is 11.6 Å². The molecule has 0 aliphatic rings. The Morgan fingerprint density at radius 1 is 1.50 bits per heavy atom. The summed E-state index contributed by atoms with van der Waals surface area (Å²) in [5.74, 6) is -0.132. The van der Waals surface area contributed by atoms with Crippen molar-refractivity contribution in [1.82, 2.24) is 10.6 Å². The van der Waals surface area contributed by atoms with Crippen LogP contribution in [0.25, 0.3) is 0 Å². The predicted octanol–water partition coefficient (Wildman–Crippen LogP) is 1.47. The van der Waals surface area contributed by atoms with Crippen molar-refractivity contribution >= 4 is 23.2 Å². The number of halogens is 1. The third kappa shape index (κ3) is 4.31. The van der Waals surface area contributed by atoms with Crippen LogP contribution in [0, 0.1) is 10.1 Å². The van der Waals surface area contributed by atoms with Crippen LogP contribution in [-0.4, -0.2) is 24.4 Å². The normalized spacial score (nSPS) is 10.1. The average molecular weight is 272 g/mol. The molecule has 0 atom stereocenters. The molecule has 0 unspecified atom stereocenters. The number of carbonyl (C=O) groups excluding carboxylic acids is 1. The molecule has 0 spiro atoms. The van der Waals surface area contributed by atoms with Gasteiger partial charge < -0.3 is 10.6 Å². The number of carbonyl (C=O) groups is 1. The minimum absolute atomic E-state index is 0.0427. The Balaban J connectivity index is 2.63. The summed E-state index contributed by atoms with van der Waals surface area (Å²) < 4.78 is 0. The van der Waals surface area contributed by atoms with Crippen LogP contribution >= 0.6 is 11.6 Å². The highest BCUT2D eigenvalue weighted by Gasteiger charge is 2.10. The van der Waals surface area contributed by atoms with E-state index in [1.54, 1.807) is 7.05 Å². The maximum atomic E-state index is 11.4. The fourth-order valence-electron chi connectivity index (χ4n) is 1.33. The van der Waals surface area contributed by atoms with Crippen LogP contribution in [0.1, 0.15) is 12.0 Å². The van der Waals surface area contributed by atoms with Gasteiger partial charge in [0.1, 0.15) is 0 Å². The zero-order valence-corrected chi connectivity index (χ0v) is 10.7. The molecule has 1 aromatic rings. The molecule has 0 aliphatic heterocycles. The largest absolute Gasteiger partial charge is 0.352 e. The zero-order valence-electron chi connectivity index (χ0n) is 9.90. The van der Waals surface area contributed by atoms with Gasteiger partial charge >= 0.3 is 0 Å². The quantitative estimate of drug-likeness (QED) is 0.606. The van der Waals surface area contributed by atoms with Crippen LogP contribution in [0.2, 0.25) is 5.02 Å². The molecule has 0 saturated heterocycles. The van der Waals surface area contributed by atoms with E-state index in [0.717, 1.165) is 0 Å². The molecule has 0 aromatic heterocycles. The van der Waals surface area contributed by atoms with E-state index >= 15 is 0 Å². The van der Waals surface area contributed by atoms with E-state index in [9.17, 15) is 14.9 Å². The zero-order chi connectivity index (χ0) is 13.5. The number of hydrogen-bond donors (Lipinski definition) is 2. The SMILES string of the molecule is CNCCC(=O)NCc1cc([N+](=O)[O-])ccc1Cl. The van der Waals surface area contributed by atoms with Crippen molar-refractivity contribution in [1.29, 1.82) is 0 Å². The number of rotatable bonds is 6. The number of amides is 1. The highest BCUT2D eigenvalue weighted by Crippen LogP contribution is 2.21. The molecule has 0 aliphatic carbocycles. The first kappa shape index (κ1) is 14.4. The van der Waals surface area contributed by atoms with Crippen LogP contribution in [-0.2, 0) is 11.3 Å². The summed E-state index contributed by atoms with van der Waals surface area (Å²) in [6, 6.07) is 4.14. The molecule has 98 valence electrons. The lowest BCUT2D eigenvalue weighted by Gasteiger charge is -2.06.